The van der Waals surface area contributed by atoms with E-state index < -0.39 is 0 Å². The second-order valence-corrected chi connectivity index (χ2v) is 4.84. The molecule has 0 bridgehead atoms. The Hall–Kier alpha value is -1.55. The summed E-state index contributed by atoms with van der Waals surface area (Å²) in [4.78, 5) is 11.8. The van der Waals surface area contributed by atoms with Crippen LogP contribution in [0, 0.1) is 5.92 Å². The Morgan fingerprint density at radius 1 is 1.41 bits per heavy atom. The quantitative estimate of drug-likeness (QED) is 0.807. The normalized spacial score (nSPS) is 25.7. The van der Waals surface area contributed by atoms with Crippen LogP contribution in [-0.4, -0.2) is 18.6 Å². The van der Waals surface area contributed by atoms with Crippen molar-refractivity contribution in [3.63, 3.8) is 0 Å². The van der Waals surface area contributed by atoms with Crippen molar-refractivity contribution in [3.05, 3.63) is 23.8 Å². The number of benzene rings is 1. The van der Waals surface area contributed by atoms with Gasteiger partial charge in [0, 0.05) is 24.1 Å². The zero-order chi connectivity index (χ0) is 11.8. The zero-order valence-corrected chi connectivity index (χ0v) is 9.61. The predicted molar refractivity (Wildman–Crippen MR) is 65.0 cm³/mol. The molecule has 1 aliphatic carbocycles. The molecule has 1 heterocycles. The summed E-state index contributed by atoms with van der Waals surface area (Å²) < 4.78 is 5.42. The number of nitrogens with one attached hydrogen (secondary N) is 1. The van der Waals surface area contributed by atoms with Gasteiger partial charge in [0.25, 0.3) is 0 Å². The molecule has 0 radical (unpaired) electrons. The molecular weight excluding hydrogens is 216 g/mol. The van der Waals surface area contributed by atoms with Gasteiger partial charge in [-0.2, -0.15) is 0 Å². The SMILES string of the molecule is NC1CC(C(=O)Nc2ccc3c(c2)CCO3)C1. The molecule has 3 N–H and O–H groups in total. The molecule has 0 spiro atoms. The summed E-state index contributed by atoms with van der Waals surface area (Å²) in [6, 6.07) is 6.02. The summed E-state index contributed by atoms with van der Waals surface area (Å²) in [6.07, 6.45) is 2.53. The molecular formula is C13H16N2O2. The molecule has 1 aromatic rings. The number of rotatable bonds is 2. The van der Waals surface area contributed by atoms with Crippen molar-refractivity contribution in [3.8, 4) is 5.75 Å². The lowest BCUT2D eigenvalue weighted by atomic mass is 9.80. The number of amides is 1. The molecule has 1 aromatic carbocycles. The molecule has 17 heavy (non-hydrogen) atoms. The number of nitrogens with two attached hydrogens (primary N) is 1. The first-order chi connectivity index (χ1) is 8.22. The van der Waals surface area contributed by atoms with Crippen LogP contribution in [0.5, 0.6) is 5.75 Å². The number of ether oxygens (including phenoxy) is 1. The Morgan fingerprint density at radius 3 is 3.00 bits per heavy atom. The van der Waals surface area contributed by atoms with Gasteiger partial charge in [-0.25, -0.2) is 0 Å². The Bertz CT molecular complexity index is 453. The highest BCUT2D eigenvalue weighted by molar-refractivity contribution is 5.93. The Balaban J connectivity index is 1.67. The molecule has 4 nitrogen and oxygen atoms in total. The van der Waals surface area contributed by atoms with Crippen molar-refractivity contribution in [1.82, 2.24) is 0 Å². The average molecular weight is 232 g/mol. The second-order valence-electron chi connectivity index (χ2n) is 4.84. The zero-order valence-electron chi connectivity index (χ0n) is 9.61. The Kier molecular flexibility index (Phi) is 2.52. The van der Waals surface area contributed by atoms with E-state index in [1.807, 2.05) is 18.2 Å². The molecule has 1 aliphatic heterocycles. The van der Waals surface area contributed by atoms with Gasteiger partial charge in [0.2, 0.25) is 5.91 Å². The lowest BCUT2D eigenvalue weighted by Gasteiger charge is -2.31. The topological polar surface area (TPSA) is 64.4 Å². The lowest BCUT2D eigenvalue weighted by Crippen LogP contribution is -2.42. The van der Waals surface area contributed by atoms with E-state index in [0.29, 0.717) is 0 Å². The number of carbonyl (C=O) groups is 1. The summed E-state index contributed by atoms with van der Waals surface area (Å²) >= 11 is 0. The van der Waals surface area contributed by atoms with E-state index in [0.717, 1.165) is 37.3 Å². The highest BCUT2D eigenvalue weighted by Crippen LogP contribution is 2.30. The fourth-order valence-corrected chi connectivity index (χ4v) is 2.38. The van der Waals surface area contributed by atoms with Crippen molar-refractivity contribution in [2.75, 3.05) is 11.9 Å². The van der Waals surface area contributed by atoms with Crippen LogP contribution in [-0.2, 0) is 11.2 Å². The summed E-state index contributed by atoms with van der Waals surface area (Å²) in [6.45, 7) is 0.740. The van der Waals surface area contributed by atoms with Crippen LogP contribution < -0.4 is 15.8 Å². The molecule has 2 aliphatic rings. The van der Waals surface area contributed by atoms with E-state index in [-0.39, 0.29) is 17.9 Å². The van der Waals surface area contributed by atoms with Crippen LogP contribution in [0.3, 0.4) is 0 Å². The van der Waals surface area contributed by atoms with Crippen molar-refractivity contribution in [2.24, 2.45) is 11.7 Å². The number of anilines is 1. The molecule has 90 valence electrons. The van der Waals surface area contributed by atoms with Crippen molar-refractivity contribution >= 4 is 11.6 Å². The van der Waals surface area contributed by atoms with Crippen molar-refractivity contribution in [2.45, 2.75) is 25.3 Å². The number of hydrogen-bond donors (Lipinski definition) is 2. The third kappa shape index (κ3) is 2.00. The third-order valence-electron chi connectivity index (χ3n) is 3.50. The van der Waals surface area contributed by atoms with Gasteiger partial charge < -0.3 is 15.8 Å². The van der Waals surface area contributed by atoms with Gasteiger partial charge in [0.05, 0.1) is 6.61 Å². The van der Waals surface area contributed by atoms with E-state index >= 15 is 0 Å². The van der Waals surface area contributed by atoms with Gasteiger partial charge in [-0.15, -0.1) is 0 Å². The van der Waals surface area contributed by atoms with Gasteiger partial charge in [-0.3, -0.25) is 4.79 Å². The van der Waals surface area contributed by atoms with E-state index in [2.05, 4.69) is 5.32 Å². The Labute approximate surface area is 100 Å². The summed E-state index contributed by atoms with van der Waals surface area (Å²) in [7, 11) is 0. The first-order valence-corrected chi connectivity index (χ1v) is 6.04. The molecule has 4 heteroatoms. The first kappa shape index (κ1) is 10.6. The van der Waals surface area contributed by atoms with Crippen molar-refractivity contribution < 1.29 is 9.53 Å². The predicted octanol–water partition coefficient (Wildman–Crippen LogP) is 1.30. The number of carbonyl (C=O) groups excluding carboxylic acids is 1. The molecule has 0 aromatic heterocycles. The fourth-order valence-electron chi connectivity index (χ4n) is 2.38. The average Bonchev–Trinajstić information content (AvgIpc) is 2.71. The number of hydrogen-bond acceptors (Lipinski definition) is 3. The first-order valence-electron chi connectivity index (χ1n) is 6.04. The highest BCUT2D eigenvalue weighted by atomic mass is 16.5. The van der Waals surface area contributed by atoms with Gasteiger partial charge in [-0.05, 0) is 36.6 Å². The molecule has 1 fully saturated rings. The maximum absolute atomic E-state index is 11.8. The summed E-state index contributed by atoms with van der Waals surface area (Å²) in [5.74, 6) is 1.12. The summed E-state index contributed by atoms with van der Waals surface area (Å²) in [5.41, 5.74) is 7.71. The van der Waals surface area contributed by atoms with Crippen molar-refractivity contribution in [1.29, 1.82) is 0 Å². The largest absolute Gasteiger partial charge is 0.493 e. The maximum Gasteiger partial charge on any atom is 0.227 e. The van der Waals surface area contributed by atoms with E-state index in [4.69, 9.17) is 10.5 Å². The van der Waals surface area contributed by atoms with Crippen LogP contribution in [0.15, 0.2) is 18.2 Å². The second kappa shape index (κ2) is 4.04. The molecule has 0 atom stereocenters. The van der Waals surface area contributed by atoms with E-state index in [9.17, 15) is 4.79 Å². The Morgan fingerprint density at radius 2 is 2.24 bits per heavy atom. The van der Waals surface area contributed by atoms with E-state index in [1.54, 1.807) is 0 Å². The molecule has 0 saturated heterocycles. The van der Waals surface area contributed by atoms with Gasteiger partial charge in [0.1, 0.15) is 5.75 Å². The third-order valence-corrected chi connectivity index (χ3v) is 3.50. The van der Waals surface area contributed by atoms with Crippen LogP contribution in [0.4, 0.5) is 5.69 Å². The lowest BCUT2D eigenvalue weighted by molar-refractivity contribution is -0.122. The molecule has 3 rings (SSSR count). The molecule has 1 saturated carbocycles. The monoisotopic (exact) mass is 232 g/mol. The minimum atomic E-state index is 0.0885. The van der Waals surface area contributed by atoms with Crippen LogP contribution in [0.2, 0.25) is 0 Å². The van der Waals surface area contributed by atoms with Gasteiger partial charge in [0.15, 0.2) is 0 Å². The summed E-state index contributed by atoms with van der Waals surface area (Å²) in [5, 5.41) is 2.94. The minimum Gasteiger partial charge on any atom is -0.493 e. The molecule has 0 unspecified atom stereocenters. The standard InChI is InChI=1S/C13H16N2O2/c14-10-5-9(6-10)13(16)15-11-1-2-12-8(7-11)3-4-17-12/h1-2,7,9-10H,3-6,14H2,(H,15,16). The maximum atomic E-state index is 11.8. The van der Waals surface area contributed by atoms with Gasteiger partial charge >= 0.3 is 0 Å². The van der Waals surface area contributed by atoms with E-state index in [1.165, 1.54) is 5.56 Å². The van der Waals surface area contributed by atoms with Crippen LogP contribution in [0.25, 0.3) is 0 Å². The molecule has 1 amide bonds. The fraction of sp³-hybridized carbons (Fsp3) is 0.462. The van der Waals surface area contributed by atoms with Crippen LogP contribution >= 0.6 is 0 Å². The number of fused-ring (bicyclic) bond motifs is 1. The van der Waals surface area contributed by atoms with Gasteiger partial charge in [-0.1, -0.05) is 0 Å². The minimum absolute atomic E-state index is 0.0885. The highest BCUT2D eigenvalue weighted by Gasteiger charge is 2.32. The van der Waals surface area contributed by atoms with Crippen LogP contribution in [0.1, 0.15) is 18.4 Å². The smallest absolute Gasteiger partial charge is 0.227 e.